The molecule has 10 heteroatoms. The number of halogens is 1. The molecule has 0 spiro atoms. The minimum atomic E-state index is -0.532. The van der Waals surface area contributed by atoms with Gasteiger partial charge in [-0.2, -0.15) is 5.10 Å². The molecule has 3 aromatic carbocycles. The van der Waals surface area contributed by atoms with E-state index in [1.165, 1.54) is 17.8 Å². The molecule has 8 nitrogen and oxygen atoms in total. The molecule has 222 valence electrons. The monoisotopic (exact) mass is 599 g/mol. The van der Waals surface area contributed by atoms with Gasteiger partial charge in [-0.3, -0.25) is 14.5 Å². The molecule has 0 aliphatic carbocycles. The Hall–Kier alpha value is -4.15. The molecule has 1 fully saturated rings. The first-order valence-electron chi connectivity index (χ1n) is 14.5. The molecule has 1 aromatic heterocycles. The van der Waals surface area contributed by atoms with Crippen LogP contribution in [0.25, 0.3) is 16.9 Å². The first kappa shape index (κ1) is 28.9. The van der Waals surface area contributed by atoms with Crippen LogP contribution >= 0.6 is 11.8 Å². The molecular weight excluding hydrogens is 565 g/mol. The molecule has 3 heterocycles. The zero-order valence-electron chi connectivity index (χ0n) is 24.3. The number of carbonyl (C=O) groups is 2. The summed E-state index contributed by atoms with van der Waals surface area (Å²) in [6, 6.07) is 23.8. The smallest absolute Gasteiger partial charge is 0.242 e. The highest BCUT2D eigenvalue weighted by atomic mass is 32.2. The Morgan fingerprint density at radius 1 is 0.977 bits per heavy atom. The zero-order valence-corrected chi connectivity index (χ0v) is 25.1. The summed E-state index contributed by atoms with van der Waals surface area (Å²) in [4.78, 5) is 33.4. The van der Waals surface area contributed by atoms with Gasteiger partial charge in [0.25, 0.3) is 0 Å². The number of thioether (sulfide) groups is 1. The summed E-state index contributed by atoms with van der Waals surface area (Å²) in [7, 11) is 1.60. The number of hydrogen-bond acceptors (Lipinski definition) is 6. The summed E-state index contributed by atoms with van der Waals surface area (Å²) in [6.07, 6.45) is 0. The van der Waals surface area contributed by atoms with E-state index in [0.29, 0.717) is 47.2 Å². The fourth-order valence-electron chi connectivity index (χ4n) is 5.71. The average Bonchev–Trinajstić information content (AvgIpc) is 3.38. The third-order valence-corrected chi connectivity index (χ3v) is 9.34. The van der Waals surface area contributed by atoms with Gasteiger partial charge in [-0.05, 0) is 36.9 Å². The number of fused-ring (bicyclic) bond motifs is 1. The fourth-order valence-corrected chi connectivity index (χ4v) is 6.93. The molecule has 0 N–H and O–H groups in total. The van der Waals surface area contributed by atoms with Crippen molar-refractivity contribution in [3.05, 3.63) is 95.8 Å². The number of anilines is 1. The predicted octanol–water partition coefficient (Wildman–Crippen LogP) is 5.02. The van der Waals surface area contributed by atoms with Crippen LogP contribution in [0.5, 0.6) is 5.75 Å². The second kappa shape index (κ2) is 12.6. The molecule has 4 aromatic rings. The lowest BCUT2D eigenvalue weighted by Gasteiger charge is -2.35. The minimum Gasteiger partial charge on any atom is -0.497 e. The van der Waals surface area contributed by atoms with Gasteiger partial charge in [0.1, 0.15) is 23.9 Å². The summed E-state index contributed by atoms with van der Waals surface area (Å²) in [6.45, 7) is 5.75. The molecule has 2 aliphatic rings. The number of piperazine rings is 1. The maximum Gasteiger partial charge on any atom is 0.242 e. The van der Waals surface area contributed by atoms with E-state index in [9.17, 15) is 9.59 Å². The van der Waals surface area contributed by atoms with Crippen molar-refractivity contribution in [1.82, 2.24) is 19.6 Å². The largest absolute Gasteiger partial charge is 0.497 e. The lowest BCUT2D eigenvalue weighted by molar-refractivity contribution is -0.132. The van der Waals surface area contributed by atoms with E-state index < -0.39 is 5.25 Å². The quantitative estimate of drug-likeness (QED) is 0.297. The van der Waals surface area contributed by atoms with Crippen LogP contribution in [0.3, 0.4) is 0 Å². The first-order valence-corrected chi connectivity index (χ1v) is 15.5. The molecule has 0 saturated carbocycles. The Balaban J connectivity index is 1.54. The van der Waals surface area contributed by atoms with Crippen molar-refractivity contribution in [2.24, 2.45) is 0 Å². The Morgan fingerprint density at radius 3 is 2.35 bits per heavy atom. The Labute approximate surface area is 255 Å². The molecule has 2 aliphatic heterocycles. The van der Waals surface area contributed by atoms with Crippen LogP contribution in [0.1, 0.15) is 23.3 Å². The van der Waals surface area contributed by atoms with Crippen molar-refractivity contribution in [1.29, 1.82) is 0 Å². The number of hydrogen-bond donors (Lipinski definition) is 0. The van der Waals surface area contributed by atoms with Crippen molar-refractivity contribution >= 4 is 29.4 Å². The zero-order chi connectivity index (χ0) is 29.9. The molecule has 2 amide bonds. The van der Waals surface area contributed by atoms with Crippen molar-refractivity contribution in [3.63, 3.8) is 0 Å². The normalized spacial score (nSPS) is 17.5. The second-order valence-electron chi connectivity index (χ2n) is 10.6. The second-order valence-corrected chi connectivity index (χ2v) is 11.7. The van der Waals surface area contributed by atoms with Gasteiger partial charge in [0.2, 0.25) is 11.8 Å². The van der Waals surface area contributed by atoms with Crippen LogP contribution < -0.4 is 9.64 Å². The molecule has 6 rings (SSSR count). The fraction of sp³-hybridized carbons (Fsp3) is 0.303. The number of rotatable bonds is 7. The van der Waals surface area contributed by atoms with Crippen molar-refractivity contribution in [3.8, 4) is 22.7 Å². The SMILES string of the molecule is CCN1CCN(C(=O)CN2C(=O)CSC(c3ccccc3F)c3c(-c4ccccc4)nn(-c4ccc(OC)cc4)c32)CC1. The predicted molar refractivity (Wildman–Crippen MR) is 167 cm³/mol. The van der Waals surface area contributed by atoms with Crippen LogP contribution in [0.2, 0.25) is 0 Å². The highest BCUT2D eigenvalue weighted by molar-refractivity contribution is 8.00. The standard InChI is InChI=1S/C33H34FN5O3S/c1-3-36-17-19-37(20-18-36)28(40)21-38-29(41)22-43-32(26-11-7-8-12-27(26)34)30-31(23-9-5-4-6-10-23)35-39(33(30)38)24-13-15-25(42-2)16-14-24/h4-16,32H,3,17-22H2,1-2H3. The molecule has 43 heavy (non-hydrogen) atoms. The Bertz CT molecular complexity index is 1600. The highest BCUT2D eigenvalue weighted by Crippen LogP contribution is 2.49. The Morgan fingerprint density at radius 2 is 1.67 bits per heavy atom. The van der Waals surface area contributed by atoms with Gasteiger partial charge in [-0.25, -0.2) is 9.07 Å². The summed E-state index contributed by atoms with van der Waals surface area (Å²) in [5.74, 6) is 0.551. The van der Waals surface area contributed by atoms with E-state index >= 15 is 4.39 Å². The van der Waals surface area contributed by atoms with Crippen LogP contribution in [0.15, 0.2) is 78.9 Å². The molecular formula is C33H34FN5O3S. The Kier molecular flexibility index (Phi) is 8.49. The molecule has 1 unspecified atom stereocenters. The maximum absolute atomic E-state index is 15.4. The van der Waals surface area contributed by atoms with Crippen molar-refractivity contribution in [2.75, 3.05) is 57.0 Å². The lowest BCUT2D eigenvalue weighted by Crippen LogP contribution is -2.52. The van der Waals surface area contributed by atoms with Crippen molar-refractivity contribution in [2.45, 2.75) is 12.2 Å². The number of amides is 2. The van der Waals surface area contributed by atoms with Gasteiger partial charge in [-0.15, -0.1) is 11.8 Å². The number of nitrogens with zero attached hydrogens (tertiary/aromatic N) is 5. The number of ether oxygens (including phenoxy) is 1. The van der Waals surface area contributed by atoms with Gasteiger partial charge in [-0.1, -0.05) is 55.5 Å². The summed E-state index contributed by atoms with van der Waals surface area (Å²) in [5.41, 5.74) is 3.34. The van der Waals surface area contributed by atoms with E-state index in [1.54, 1.807) is 34.9 Å². The van der Waals surface area contributed by atoms with E-state index in [4.69, 9.17) is 9.84 Å². The summed E-state index contributed by atoms with van der Waals surface area (Å²) < 4.78 is 22.5. The average molecular weight is 600 g/mol. The maximum atomic E-state index is 15.4. The van der Waals surface area contributed by atoms with Gasteiger partial charge in [0, 0.05) is 42.9 Å². The number of aromatic nitrogens is 2. The van der Waals surface area contributed by atoms with Gasteiger partial charge < -0.3 is 14.5 Å². The number of carbonyl (C=O) groups excluding carboxylic acids is 2. The lowest BCUT2D eigenvalue weighted by atomic mass is 9.99. The topological polar surface area (TPSA) is 70.9 Å². The van der Waals surface area contributed by atoms with Gasteiger partial charge in [0.15, 0.2) is 0 Å². The third kappa shape index (κ3) is 5.77. The molecule has 0 bridgehead atoms. The molecule has 0 radical (unpaired) electrons. The van der Waals surface area contributed by atoms with E-state index in [-0.39, 0.29) is 29.9 Å². The minimum absolute atomic E-state index is 0.0847. The van der Waals surface area contributed by atoms with Gasteiger partial charge in [0.05, 0.1) is 29.5 Å². The number of likely N-dealkylation sites (N-methyl/N-ethyl adjacent to an activating group) is 1. The number of benzene rings is 3. The summed E-state index contributed by atoms with van der Waals surface area (Å²) in [5, 5.41) is 4.54. The van der Waals surface area contributed by atoms with E-state index in [1.807, 2.05) is 59.5 Å². The van der Waals surface area contributed by atoms with Crippen molar-refractivity contribution < 1.29 is 18.7 Å². The molecule has 1 saturated heterocycles. The first-order chi connectivity index (χ1) is 21.0. The van der Waals surface area contributed by atoms with Crippen LogP contribution in [0, 0.1) is 5.82 Å². The molecule has 1 atom stereocenters. The van der Waals surface area contributed by atoms with Crippen LogP contribution in [0.4, 0.5) is 10.2 Å². The summed E-state index contributed by atoms with van der Waals surface area (Å²) >= 11 is 1.36. The van der Waals surface area contributed by atoms with Crippen LogP contribution in [-0.4, -0.2) is 83.5 Å². The van der Waals surface area contributed by atoms with Crippen LogP contribution in [-0.2, 0) is 9.59 Å². The third-order valence-electron chi connectivity index (χ3n) is 8.11. The van der Waals surface area contributed by atoms with E-state index in [0.717, 1.165) is 25.2 Å². The van der Waals surface area contributed by atoms with Gasteiger partial charge >= 0.3 is 0 Å². The number of methoxy groups -OCH3 is 1. The highest BCUT2D eigenvalue weighted by Gasteiger charge is 2.39. The van der Waals surface area contributed by atoms with E-state index in [2.05, 4.69) is 11.8 Å².